The van der Waals surface area contributed by atoms with Crippen molar-refractivity contribution in [3.8, 4) is 0 Å². The Hall–Kier alpha value is -0.530. The molecule has 0 fully saturated rings. The van der Waals surface area contributed by atoms with Crippen LogP contribution in [-0.2, 0) is 4.79 Å². The van der Waals surface area contributed by atoms with Gasteiger partial charge in [0.2, 0.25) is 0 Å². The summed E-state index contributed by atoms with van der Waals surface area (Å²) in [6.07, 6.45) is 4.01. The Kier molecular flexibility index (Phi) is 4.10. The zero-order chi connectivity index (χ0) is 7.28. The van der Waals surface area contributed by atoms with E-state index < -0.39 is 0 Å². The van der Waals surface area contributed by atoms with Crippen molar-refractivity contribution < 1.29 is 4.79 Å². The largest absolute Gasteiger partial charge is 0.335 e. The van der Waals surface area contributed by atoms with Gasteiger partial charge in [0.05, 0.1) is 0 Å². The van der Waals surface area contributed by atoms with Crippen molar-refractivity contribution in [2.24, 2.45) is 0 Å². The molecule has 0 aromatic rings. The zero-order valence-electron chi connectivity index (χ0n) is 6.35. The van der Waals surface area contributed by atoms with Gasteiger partial charge in [-0.25, -0.2) is 0 Å². The van der Waals surface area contributed by atoms with Crippen molar-refractivity contribution in [1.29, 1.82) is 0 Å². The van der Waals surface area contributed by atoms with Crippen molar-refractivity contribution in [1.82, 2.24) is 4.90 Å². The molecule has 0 aromatic heterocycles. The molecule has 2 heteroatoms. The molecule has 1 unspecified atom stereocenters. The van der Waals surface area contributed by atoms with Crippen LogP contribution in [0.2, 0.25) is 0 Å². The molecule has 0 saturated carbocycles. The van der Waals surface area contributed by atoms with Crippen molar-refractivity contribution in [2.75, 3.05) is 7.05 Å². The number of hydrogen-bond donors (Lipinski definition) is 0. The van der Waals surface area contributed by atoms with E-state index in [9.17, 15) is 4.79 Å². The summed E-state index contributed by atoms with van der Waals surface area (Å²) in [5, 5.41) is 0. The summed E-state index contributed by atoms with van der Waals surface area (Å²) in [6, 6.07) is 0.340. The normalized spacial score (nSPS) is 12.8. The fourth-order valence-electron chi connectivity index (χ4n) is 0.701. The van der Waals surface area contributed by atoms with Crippen molar-refractivity contribution in [2.45, 2.75) is 32.7 Å². The molecule has 0 rings (SSSR count). The van der Waals surface area contributed by atoms with Crippen LogP contribution in [0.25, 0.3) is 0 Å². The molecule has 1 atom stereocenters. The summed E-state index contributed by atoms with van der Waals surface area (Å²) in [6.45, 7) is 4.13. The van der Waals surface area contributed by atoms with E-state index in [1.165, 1.54) is 0 Å². The molecule has 0 saturated heterocycles. The monoisotopic (exact) mass is 128 g/mol. The lowest BCUT2D eigenvalue weighted by Crippen LogP contribution is -2.26. The lowest BCUT2D eigenvalue weighted by atomic mass is 10.2. The molecule has 0 aliphatic heterocycles. The van der Waals surface area contributed by atoms with Gasteiger partial charge in [-0.1, -0.05) is 13.3 Å². The average Bonchev–Trinajstić information content (AvgIpc) is 1.87. The molecule has 0 aliphatic rings. The van der Waals surface area contributed by atoms with Gasteiger partial charge in [0.25, 0.3) is 0 Å². The van der Waals surface area contributed by atoms with Gasteiger partial charge in [-0.3, -0.25) is 4.79 Å². The molecular weight excluding hydrogens is 114 g/mol. The Balaban J connectivity index is 3.44. The van der Waals surface area contributed by atoms with Gasteiger partial charge in [0, 0.05) is 13.1 Å². The third-order valence-electron chi connectivity index (χ3n) is 1.51. The maximum absolute atomic E-state index is 10.0. The predicted octanol–water partition coefficient (Wildman–Crippen LogP) is 1.17. The minimum atomic E-state index is 0.340. The summed E-state index contributed by atoms with van der Waals surface area (Å²) in [4.78, 5) is 11.6. The first-order chi connectivity index (χ1) is 4.22. The van der Waals surface area contributed by atoms with E-state index in [1.807, 2.05) is 13.3 Å². The summed E-state index contributed by atoms with van der Waals surface area (Å²) < 4.78 is 0. The van der Waals surface area contributed by atoms with E-state index in [0.717, 1.165) is 12.8 Å². The fourth-order valence-corrected chi connectivity index (χ4v) is 0.701. The van der Waals surface area contributed by atoms with Gasteiger partial charge in [-0.2, -0.15) is 0 Å². The van der Waals surface area contributed by atoms with E-state index in [2.05, 4.69) is 6.92 Å². The molecular formula is C7H14NO. The van der Waals surface area contributed by atoms with Gasteiger partial charge in [0.1, 0.15) is 0 Å². The third-order valence-corrected chi connectivity index (χ3v) is 1.51. The van der Waals surface area contributed by atoms with E-state index in [4.69, 9.17) is 0 Å². The summed E-state index contributed by atoms with van der Waals surface area (Å²) in [7, 11) is 1.76. The van der Waals surface area contributed by atoms with Crippen LogP contribution in [0.4, 0.5) is 0 Å². The molecule has 1 amide bonds. The smallest absolute Gasteiger partial charge is 0.312 e. The van der Waals surface area contributed by atoms with E-state index in [1.54, 1.807) is 11.9 Å². The van der Waals surface area contributed by atoms with Crippen LogP contribution in [0, 0.1) is 0 Å². The Bertz CT molecular complexity index is 83.0. The maximum Gasteiger partial charge on any atom is 0.312 e. The van der Waals surface area contributed by atoms with Gasteiger partial charge < -0.3 is 4.90 Å². The Morgan fingerprint density at radius 1 is 1.67 bits per heavy atom. The maximum atomic E-state index is 10.0. The lowest BCUT2D eigenvalue weighted by molar-refractivity contribution is 0.342. The zero-order valence-corrected chi connectivity index (χ0v) is 6.35. The van der Waals surface area contributed by atoms with Crippen LogP contribution < -0.4 is 0 Å². The second kappa shape index (κ2) is 4.36. The first-order valence-electron chi connectivity index (χ1n) is 3.33. The minimum Gasteiger partial charge on any atom is -0.335 e. The molecule has 0 aromatic carbocycles. The van der Waals surface area contributed by atoms with E-state index >= 15 is 0 Å². The minimum absolute atomic E-state index is 0.340. The average molecular weight is 128 g/mol. The lowest BCUT2D eigenvalue weighted by Gasteiger charge is -2.17. The SMILES string of the molecule is CCCC(C)N(C)[C]=O. The van der Waals surface area contributed by atoms with Crippen LogP contribution >= 0.6 is 0 Å². The predicted molar refractivity (Wildman–Crippen MR) is 37.8 cm³/mol. The molecule has 0 bridgehead atoms. The molecule has 0 spiro atoms. The summed E-state index contributed by atoms with van der Waals surface area (Å²) in [5.74, 6) is 0. The van der Waals surface area contributed by atoms with E-state index in [-0.39, 0.29) is 0 Å². The molecule has 9 heavy (non-hydrogen) atoms. The van der Waals surface area contributed by atoms with Gasteiger partial charge in [-0.15, -0.1) is 0 Å². The van der Waals surface area contributed by atoms with Crippen LogP contribution in [0.1, 0.15) is 26.7 Å². The van der Waals surface area contributed by atoms with Crippen LogP contribution in [0.3, 0.4) is 0 Å². The van der Waals surface area contributed by atoms with Crippen LogP contribution in [0.5, 0.6) is 0 Å². The Labute approximate surface area is 56.9 Å². The molecule has 53 valence electrons. The quantitative estimate of drug-likeness (QED) is 0.520. The number of amides is 1. The van der Waals surface area contributed by atoms with E-state index in [0.29, 0.717) is 6.04 Å². The highest BCUT2D eigenvalue weighted by molar-refractivity contribution is 5.47. The van der Waals surface area contributed by atoms with Crippen LogP contribution in [0.15, 0.2) is 0 Å². The molecule has 1 radical (unpaired) electrons. The second-order valence-corrected chi connectivity index (χ2v) is 2.34. The fraction of sp³-hybridized carbons (Fsp3) is 0.857. The van der Waals surface area contributed by atoms with Gasteiger partial charge >= 0.3 is 6.41 Å². The molecule has 0 N–H and O–H groups in total. The number of carbonyl (C=O) groups excluding carboxylic acids is 1. The standard InChI is InChI=1S/C7H14NO/c1-4-5-7(2)8(3)6-9/h7H,4-5H2,1-3H3. The molecule has 0 heterocycles. The summed E-state index contributed by atoms with van der Waals surface area (Å²) >= 11 is 0. The highest BCUT2D eigenvalue weighted by Crippen LogP contribution is 2.00. The number of rotatable bonds is 4. The summed E-state index contributed by atoms with van der Waals surface area (Å²) in [5.41, 5.74) is 0. The third kappa shape index (κ3) is 3.12. The van der Waals surface area contributed by atoms with Gasteiger partial charge in [-0.05, 0) is 13.3 Å². The highest BCUT2D eigenvalue weighted by Gasteiger charge is 2.04. The van der Waals surface area contributed by atoms with Crippen molar-refractivity contribution >= 4 is 6.41 Å². The first kappa shape index (κ1) is 8.47. The van der Waals surface area contributed by atoms with Crippen molar-refractivity contribution in [3.63, 3.8) is 0 Å². The van der Waals surface area contributed by atoms with Gasteiger partial charge in [0.15, 0.2) is 0 Å². The second-order valence-electron chi connectivity index (χ2n) is 2.34. The Morgan fingerprint density at radius 2 is 2.22 bits per heavy atom. The number of hydrogen-bond acceptors (Lipinski definition) is 1. The molecule has 2 nitrogen and oxygen atoms in total. The highest BCUT2D eigenvalue weighted by atomic mass is 16.1. The number of nitrogens with zero attached hydrogens (tertiary/aromatic N) is 1. The first-order valence-corrected chi connectivity index (χ1v) is 3.33. The molecule has 0 aliphatic carbocycles. The van der Waals surface area contributed by atoms with Crippen molar-refractivity contribution in [3.05, 3.63) is 0 Å². The topological polar surface area (TPSA) is 20.3 Å². The van der Waals surface area contributed by atoms with Crippen LogP contribution in [-0.4, -0.2) is 24.4 Å². The Morgan fingerprint density at radius 3 is 2.56 bits per heavy atom.